The molecule has 0 aliphatic heterocycles. The van der Waals surface area contributed by atoms with Crippen molar-refractivity contribution in [1.82, 2.24) is 4.72 Å². The van der Waals surface area contributed by atoms with E-state index < -0.39 is 15.9 Å². The van der Waals surface area contributed by atoms with Crippen molar-refractivity contribution in [1.29, 1.82) is 5.26 Å². The molecule has 0 unspecified atom stereocenters. The zero-order valence-electron chi connectivity index (χ0n) is 11.8. The second-order valence-corrected chi connectivity index (χ2v) is 8.09. The van der Waals surface area contributed by atoms with E-state index in [9.17, 15) is 13.2 Å². The standard InChI is InChI=1S/C15H15ClN2O3S/c16-14-7-12(4-3-11(14)8-17)22(20,21)18-15(19)13-6-9-1-2-10(13)5-9/h3-4,7,9-10,13H,1-2,5-6H2,(H,18,19)/t9-,10-,13-/m0/s1. The van der Waals surface area contributed by atoms with Gasteiger partial charge in [-0.15, -0.1) is 0 Å². The van der Waals surface area contributed by atoms with E-state index in [2.05, 4.69) is 4.72 Å². The van der Waals surface area contributed by atoms with Gasteiger partial charge in [-0.05, 0) is 49.3 Å². The third-order valence-electron chi connectivity index (χ3n) is 4.68. The molecule has 22 heavy (non-hydrogen) atoms. The van der Waals surface area contributed by atoms with Crippen molar-refractivity contribution in [2.75, 3.05) is 0 Å². The number of rotatable bonds is 3. The summed E-state index contributed by atoms with van der Waals surface area (Å²) in [7, 11) is -3.95. The Bertz CT molecular complexity index is 769. The van der Waals surface area contributed by atoms with E-state index in [-0.39, 0.29) is 21.4 Å². The number of nitriles is 1. The third kappa shape index (κ3) is 2.71. The maximum atomic E-state index is 12.3. The minimum Gasteiger partial charge on any atom is -0.274 e. The Hall–Kier alpha value is -1.58. The van der Waals surface area contributed by atoms with E-state index in [1.54, 1.807) is 0 Å². The van der Waals surface area contributed by atoms with Gasteiger partial charge in [-0.3, -0.25) is 4.79 Å². The van der Waals surface area contributed by atoms with Crippen molar-refractivity contribution < 1.29 is 13.2 Å². The monoisotopic (exact) mass is 338 g/mol. The number of halogens is 1. The first kappa shape index (κ1) is 15.3. The molecule has 0 aromatic heterocycles. The van der Waals surface area contributed by atoms with Crippen LogP contribution in [0, 0.1) is 29.1 Å². The van der Waals surface area contributed by atoms with Crippen LogP contribution in [0.3, 0.4) is 0 Å². The number of nitrogens with one attached hydrogen (secondary N) is 1. The second kappa shape index (κ2) is 5.56. The largest absolute Gasteiger partial charge is 0.274 e. The molecule has 0 radical (unpaired) electrons. The van der Waals surface area contributed by atoms with E-state index in [4.69, 9.17) is 16.9 Å². The van der Waals surface area contributed by atoms with Crippen LogP contribution in [0.25, 0.3) is 0 Å². The van der Waals surface area contributed by atoms with Gasteiger partial charge in [0, 0.05) is 5.92 Å². The van der Waals surface area contributed by atoms with E-state index in [0.29, 0.717) is 11.8 Å². The van der Waals surface area contributed by atoms with Crippen LogP contribution in [-0.4, -0.2) is 14.3 Å². The second-order valence-electron chi connectivity index (χ2n) is 6.00. The highest BCUT2D eigenvalue weighted by Crippen LogP contribution is 2.48. The normalized spacial score (nSPS) is 26.6. The molecule has 1 aromatic carbocycles. The number of hydrogen-bond acceptors (Lipinski definition) is 4. The van der Waals surface area contributed by atoms with Crippen LogP contribution >= 0.6 is 11.6 Å². The molecule has 7 heteroatoms. The molecule has 2 saturated carbocycles. The van der Waals surface area contributed by atoms with Crippen LogP contribution in [0.5, 0.6) is 0 Å². The summed E-state index contributed by atoms with van der Waals surface area (Å²) in [4.78, 5) is 12.2. The highest BCUT2D eigenvalue weighted by molar-refractivity contribution is 7.90. The van der Waals surface area contributed by atoms with Gasteiger partial charge in [0.1, 0.15) is 6.07 Å². The van der Waals surface area contributed by atoms with Crippen LogP contribution in [-0.2, 0) is 14.8 Å². The van der Waals surface area contributed by atoms with Gasteiger partial charge in [-0.25, -0.2) is 13.1 Å². The predicted octanol–water partition coefficient (Wildman–Crippen LogP) is 2.45. The van der Waals surface area contributed by atoms with Gasteiger partial charge >= 0.3 is 0 Å². The Balaban J connectivity index is 1.77. The fourth-order valence-electron chi connectivity index (χ4n) is 3.59. The Morgan fingerprint density at radius 3 is 2.64 bits per heavy atom. The van der Waals surface area contributed by atoms with Gasteiger partial charge in [0.2, 0.25) is 5.91 Å². The minimum absolute atomic E-state index is 0.0535. The highest BCUT2D eigenvalue weighted by atomic mass is 35.5. The zero-order chi connectivity index (χ0) is 15.9. The van der Waals surface area contributed by atoms with E-state index in [0.717, 1.165) is 25.7 Å². The van der Waals surface area contributed by atoms with Gasteiger partial charge in [0.15, 0.2) is 0 Å². The predicted molar refractivity (Wildman–Crippen MR) is 80.4 cm³/mol. The summed E-state index contributed by atoms with van der Waals surface area (Å²) in [6.45, 7) is 0. The summed E-state index contributed by atoms with van der Waals surface area (Å²) in [6, 6.07) is 5.67. The zero-order valence-corrected chi connectivity index (χ0v) is 13.3. The molecule has 3 atom stereocenters. The summed E-state index contributed by atoms with van der Waals surface area (Å²) in [5.74, 6) is 0.243. The van der Waals surface area contributed by atoms with E-state index in [1.165, 1.54) is 18.2 Å². The average Bonchev–Trinajstić information content (AvgIpc) is 3.09. The number of carbonyl (C=O) groups is 1. The average molecular weight is 339 g/mol. The van der Waals surface area contributed by atoms with Gasteiger partial charge in [0.05, 0.1) is 15.5 Å². The molecule has 5 nitrogen and oxygen atoms in total. The Morgan fingerprint density at radius 2 is 2.09 bits per heavy atom. The molecule has 1 aromatic rings. The van der Waals surface area contributed by atoms with Crippen LogP contribution < -0.4 is 4.72 Å². The quantitative estimate of drug-likeness (QED) is 0.917. The summed E-state index contributed by atoms with van der Waals surface area (Å²) in [5.41, 5.74) is 0.194. The maximum Gasteiger partial charge on any atom is 0.264 e. The van der Waals surface area contributed by atoms with Crippen molar-refractivity contribution in [2.24, 2.45) is 17.8 Å². The SMILES string of the molecule is N#Cc1ccc(S(=O)(=O)NC(=O)[C@H]2C[C@H]3CC[C@H]2C3)cc1Cl. The lowest BCUT2D eigenvalue weighted by Crippen LogP contribution is -2.37. The van der Waals surface area contributed by atoms with Crippen molar-refractivity contribution in [3.63, 3.8) is 0 Å². The van der Waals surface area contributed by atoms with Crippen LogP contribution in [0.15, 0.2) is 23.1 Å². The highest BCUT2D eigenvalue weighted by Gasteiger charge is 2.43. The number of fused-ring (bicyclic) bond motifs is 2. The van der Waals surface area contributed by atoms with Gasteiger partial charge in [0.25, 0.3) is 10.0 Å². The van der Waals surface area contributed by atoms with Crippen LogP contribution in [0.1, 0.15) is 31.2 Å². The fraction of sp³-hybridized carbons (Fsp3) is 0.467. The maximum absolute atomic E-state index is 12.3. The number of sulfonamides is 1. The minimum atomic E-state index is -3.95. The molecule has 3 rings (SSSR count). The van der Waals surface area contributed by atoms with Crippen molar-refractivity contribution in [3.8, 4) is 6.07 Å². The summed E-state index contributed by atoms with van der Waals surface area (Å²) in [5, 5.41) is 8.86. The summed E-state index contributed by atoms with van der Waals surface area (Å²) >= 11 is 5.85. The lowest BCUT2D eigenvalue weighted by Gasteiger charge is -2.20. The third-order valence-corrected chi connectivity index (χ3v) is 6.34. The molecule has 1 amide bonds. The Labute approximate surface area is 134 Å². The first-order valence-electron chi connectivity index (χ1n) is 7.17. The molecule has 2 bridgehead atoms. The summed E-state index contributed by atoms with van der Waals surface area (Å²) < 4.78 is 26.7. The topological polar surface area (TPSA) is 87.0 Å². The lowest BCUT2D eigenvalue weighted by molar-refractivity contribution is -0.124. The van der Waals surface area contributed by atoms with Crippen molar-refractivity contribution >= 4 is 27.5 Å². The lowest BCUT2D eigenvalue weighted by atomic mass is 9.88. The number of nitrogens with zero attached hydrogens (tertiary/aromatic N) is 1. The number of carbonyl (C=O) groups excluding carboxylic acids is 1. The first-order valence-corrected chi connectivity index (χ1v) is 9.03. The molecular formula is C15H15ClN2O3S. The summed E-state index contributed by atoms with van der Waals surface area (Å²) in [6.07, 6.45) is 3.96. The molecule has 0 heterocycles. The molecule has 0 spiro atoms. The number of amides is 1. The van der Waals surface area contributed by atoms with Crippen molar-refractivity contribution in [2.45, 2.75) is 30.6 Å². The van der Waals surface area contributed by atoms with Crippen LogP contribution in [0.2, 0.25) is 5.02 Å². The van der Waals surface area contributed by atoms with Crippen LogP contribution in [0.4, 0.5) is 0 Å². The molecule has 116 valence electrons. The molecule has 1 N–H and O–H groups in total. The molecule has 2 aliphatic carbocycles. The van der Waals surface area contributed by atoms with Crippen molar-refractivity contribution in [3.05, 3.63) is 28.8 Å². The number of benzene rings is 1. The molecule has 2 fully saturated rings. The molecule has 2 aliphatic rings. The Morgan fingerprint density at radius 1 is 1.32 bits per heavy atom. The van der Waals surface area contributed by atoms with E-state index in [1.807, 2.05) is 6.07 Å². The fourth-order valence-corrected chi connectivity index (χ4v) is 4.93. The Kier molecular flexibility index (Phi) is 3.87. The molecule has 0 saturated heterocycles. The molecular weight excluding hydrogens is 324 g/mol. The smallest absolute Gasteiger partial charge is 0.264 e. The van der Waals surface area contributed by atoms with Gasteiger partial charge < -0.3 is 0 Å². The number of hydrogen-bond donors (Lipinski definition) is 1. The van der Waals surface area contributed by atoms with Gasteiger partial charge in [-0.1, -0.05) is 18.0 Å². The first-order chi connectivity index (χ1) is 10.4. The van der Waals surface area contributed by atoms with E-state index >= 15 is 0 Å². The van der Waals surface area contributed by atoms with Gasteiger partial charge in [-0.2, -0.15) is 5.26 Å².